The third-order valence-corrected chi connectivity index (χ3v) is 7.45. The van der Waals surface area contributed by atoms with Gasteiger partial charge in [0.2, 0.25) is 0 Å². The lowest BCUT2D eigenvalue weighted by atomic mass is 9.99. The van der Waals surface area contributed by atoms with Gasteiger partial charge in [0.25, 0.3) is 0 Å². The van der Waals surface area contributed by atoms with E-state index in [4.69, 9.17) is 8.83 Å². The van der Waals surface area contributed by atoms with Crippen molar-refractivity contribution < 1.29 is 8.83 Å². The Morgan fingerprint density at radius 3 is 1.54 bits per heavy atom. The molecule has 0 amide bonds. The fourth-order valence-corrected chi connectivity index (χ4v) is 5.75. The second kappa shape index (κ2) is 8.64. The van der Waals surface area contributed by atoms with Gasteiger partial charge in [0.05, 0.1) is 11.1 Å². The standard InChI is InChI=1S/C36H23NO2/c1-4-12-24(13-5-1)27-18-10-20-31-35(27)28-22-34-29(23-33(28)38-31)36-30(19-11-21-32(36)39-34)37(25-14-6-2-7-15-25)26-16-8-3-9-17-26/h1-23H. The number of furan rings is 2. The molecule has 2 aromatic heterocycles. The van der Waals surface area contributed by atoms with Gasteiger partial charge in [0, 0.05) is 27.5 Å². The van der Waals surface area contributed by atoms with Gasteiger partial charge in [0.15, 0.2) is 0 Å². The summed E-state index contributed by atoms with van der Waals surface area (Å²) in [7, 11) is 0. The van der Waals surface area contributed by atoms with E-state index in [1.165, 1.54) is 5.56 Å². The predicted octanol–water partition coefficient (Wildman–Crippen LogP) is 10.6. The molecule has 0 spiro atoms. The van der Waals surface area contributed by atoms with Crippen LogP contribution < -0.4 is 4.90 Å². The van der Waals surface area contributed by atoms with Gasteiger partial charge in [-0.1, -0.05) is 84.9 Å². The zero-order valence-corrected chi connectivity index (χ0v) is 21.0. The van der Waals surface area contributed by atoms with Crippen LogP contribution in [-0.2, 0) is 0 Å². The lowest BCUT2D eigenvalue weighted by Crippen LogP contribution is -2.09. The molecule has 3 nitrogen and oxygen atoms in total. The van der Waals surface area contributed by atoms with Crippen molar-refractivity contribution in [3.63, 3.8) is 0 Å². The Bertz CT molecular complexity index is 2070. The molecule has 3 heteroatoms. The molecule has 0 aliphatic heterocycles. The highest BCUT2D eigenvalue weighted by molar-refractivity contribution is 6.20. The van der Waals surface area contributed by atoms with Gasteiger partial charge in [0.1, 0.15) is 22.3 Å². The van der Waals surface area contributed by atoms with Crippen LogP contribution in [0.2, 0.25) is 0 Å². The summed E-state index contributed by atoms with van der Waals surface area (Å²) < 4.78 is 13.0. The molecule has 0 atom stereocenters. The van der Waals surface area contributed by atoms with E-state index in [1.807, 2.05) is 30.3 Å². The molecule has 8 rings (SSSR count). The monoisotopic (exact) mass is 501 g/mol. The van der Waals surface area contributed by atoms with Crippen molar-refractivity contribution in [1.29, 1.82) is 0 Å². The normalized spacial score (nSPS) is 11.6. The second-order valence-electron chi connectivity index (χ2n) is 9.75. The summed E-state index contributed by atoms with van der Waals surface area (Å²) in [6.07, 6.45) is 0. The van der Waals surface area contributed by atoms with Crippen LogP contribution in [0.5, 0.6) is 0 Å². The Balaban J connectivity index is 1.42. The molecule has 0 N–H and O–H groups in total. The van der Waals surface area contributed by atoms with Gasteiger partial charge in [-0.05, 0) is 65.7 Å². The van der Waals surface area contributed by atoms with Crippen LogP contribution in [0.25, 0.3) is 55.0 Å². The molecular weight excluding hydrogens is 478 g/mol. The van der Waals surface area contributed by atoms with E-state index in [0.29, 0.717) is 0 Å². The zero-order valence-electron chi connectivity index (χ0n) is 21.0. The molecule has 184 valence electrons. The third kappa shape index (κ3) is 3.44. The Kier molecular flexibility index (Phi) is 4.82. The fourth-order valence-electron chi connectivity index (χ4n) is 5.75. The van der Waals surface area contributed by atoms with Gasteiger partial charge in [-0.2, -0.15) is 0 Å². The Morgan fingerprint density at radius 2 is 0.923 bits per heavy atom. The minimum Gasteiger partial charge on any atom is -0.456 e. The van der Waals surface area contributed by atoms with E-state index >= 15 is 0 Å². The smallest absolute Gasteiger partial charge is 0.137 e. The molecular formula is C36H23NO2. The summed E-state index contributed by atoms with van der Waals surface area (Å²) in [4.78, 5) is 2.29. The van der Waals surface area contributed by atoms with Crippen LogP contribution in [0.15, 0.2) is 148 Å². The van der Waals surface area contributed by atoms with Gasteiger partial charge in [-0.15, -0.1) is 0 Å². The molecule has 8 aromatic rings. The summed E-state index contributed by atoms with van der Waals surface area (Å²) >= 11 is 0. The van der Waals surface area contributed by atoms with Crippen molar-refractivity contribution in [2.45, 2.75) is 0 Å². The lowest BCUT2D eigenvalue weighted by Gasteiger charge is -2.26. The number of hydrogen-bond acceptors (Lipinski definition) is 3. The Morgan fingerprint density at radius 1 is 0.410 bits per heavy atom. The quantitative estimate of drug-likeness (QED) is 0.240. The van der Waals surface area contributed by atoms with Crippen molar-refractivity contribution in [2.24, 2.45) is 0 Å². The highest BCUT2D eigenvalue weighted by Crippen LogP contribution is 2.45. The van der Waals surface area contributed by atoms with Crippen LogP contribution in [0.4, 0.5) is 17.1 Å². The first-order valence-electron chi connectivity index (χ1n) is 13.1. The van der Waals surface area contributed by atoms with Crippen LogP contribution in [0.3, 0.4) is 0 Å². The average Bonchev–Trinajstić information content (AvgIpc) is 3.55. The molecule has 0 aliphatic carbocycles. The molecule has 6 aromatic carbocycles. The topological polar surface area (TPSA) is 29.5 Å². The lowest BCUT2D eigenvalue weighted by molar-refractivity contribution is 0.664. The SMILES string of the molecule is c1ccc(-c2cccc3oc4cc5c(cc4c23)oc2cccc(N(c3ccccc3)c3ccccc3)c25)cc1. The third-order valence-electron chi connectivity index (χ3n) is 7.45. The molecule has 0 unspecified atom stereocenters. The maximum Gasteiger partial charge on any atom is 0.137 e. The van der Waals surface area contributed by atoms with E-state index in [2.05, 4.69) is 114 Å². The Labute approximate surface area is 225 Å². The Hall–Kier alpha value is -5.28. The first-order chi connectivity index (χ1) is 19.3. The van der Waals surface area contributed by atoms with Crippen molar-refractivity contribution >= 4 is 60.9 Å². The van der Waals surface area contributed by atoms with Gasteiger partial charge in [-0.25, -0.2) is 0 Å². The molecule has 0 saturated heterocycles. The maximum atomic E-state index is 6.52. The molecule has 39 heavy (non-hydrogen) atoms. The van der Waals surface area contributed by atoms with Crippen LogP contribution in [0, 0.1) is 0 Å². The second-order valence-corrected chi connectivity index (χ2v) is 9.75. The van der Waals surface area contributed by atoms with Crippen LogP contribution >= 0.6 is 0 Å². The van der Waals surface area contributed by atoms with Crippen LogP contribution in [0.1, 0.15) is 0 Å². The van der Waals surface area contributed by atoms with Crippen molar-refractivity contribution in [1.82, 2.24) is 0 Å². The summed E-state index contributed by atoms with van der Waals surface area (Å²) in [5.74, 6) is 0. The molecule has 0 aliphatic rings. The number of benzene rings is 6. The summed E-state index contributed by atoms with van der Waals surface area (Å²) in [5, 5.41) is 4.26. The predicted molar refractivity (Wildman–Crippen MR) is 161 cm³/mol. The van der Waals surface area contributed by atoms with Crippen molar-refractivity contribution in [3.05, 3.63) is 140 Å². The summed E-state index contributed by atoms with van der Waals surface area (Å²) in [5.41, 5.74) is 8.97. The van der Waals surface area contributed by atoms with Gasteiger partial charge in [-0.3, -0.25) is 0 Å². The number of anilines is 3. The van der Waals surface area contributed by atoms with Crippen LogP contribution in [-0.4, -0.2) is 0 Å². The van der Waals surface area contributed by atoms with Crippen molar-refractivity contribution in [2.75, 3.05) is 4.90 Å². The molecule has 0 bridgehead atoms. The minimum absolute atomic E-state index is 0.844. The number of fused-ring (bicyclic) bond motifs is 6. The van der Waals surface area contributed by atoms with Gasteiger partial charge < -0.3 is 13.7 Å². The molecule has 0 fully saturated rings. The molecule has 0 saturated carbocycles. The van der Waals surface area contributed by atoms with Crippen molar-refractivity contribution in [3.8, 4) is 11.1 Å². The summed E-state index contributed by atoms with van der Waals surface area (Å²) in [6.45, 7) is 0. The minimum atomic E-state index is 0.844. The number of rotatable bonds is 4. The van der Waals surface area contributed by atoms with E-state index in [1.54, 1.807) is 0 Å². The fraction of sp³-hybridized carbons (Fsp3) is 0. The zero-order chi connectivity index (χ0) is 25.8. The molecule has 0 radical (unpaired) electrons. The number of hydrogen-bond donors (Lipinski definition) is 0. The molecule has 2 heterocycles. The highest BCUT2D eigenvalue weighted by atomic mass is 16.3. The van der Waals surface area contributed by atoms with Gasteiger partial charge >= 0.3 is 0 Å². The largest absolute Gasteiger partial charge is 0.456 e. The number of nitrogens with zero attached hydrogens (tertiary/aromatic N) is 1. The summed E-state index contributed by atoms with van der Waals surface area (Å²) in [6, 6.07) is 48.2. The van der Waals surface area contributed by atoms with E-state index in [-0.39, 0.29) is 0 Å². The highest BCUT2D eigenvalue weighted by Gasteiger charge is 2.21. The average molecular weight is 502 g/mol. The van der Waals surface area contributed by atoms with E-state index in [0.717, 1.165) is 66.5 Å². The van der Waals surface area contributed by atoms with E-state index in [9.17, 15) is 0 Å². The first kappa shape index (κ1) is 21.8. The first-order valence-corrected chi connectivity index (χ1v) is 13.1. The maximum absolute atomic E-state index is 6.52. The van der Waals surface area contributed by atoms with E-state index < -0.39 is 0 Å². The number of para-hydroxylation sites is 2.